The number of nitrogens with zero attached hydrogens (tertiary/aromatic N) is 3. The second-order valence-electron chi connectivity index (χ2n) is 5.85. The molecule has 9 heteroatoms. The number of methoxy groups -OCH3 is 1. The van der Waals surface area contributed by atoms with Crippen molar-refractivity contribution in [3.63, 3.8) is 0 Å². The lowest BCUT2D eigenvalue weighted by Gasteiger charge is -2.17. The number of aryl methyl sites for hydroxylation is 1. The molecule has 25 heavy (non-hydrogen) atoms. The van der Waals surface area contributed by atoms with E-state index >= 15 is 0 Å². The molecule has 1 saturated heterocycles. The van der Waals surface area contributed by atoms with Crippen LogP contribution in [0.5, 0.6) is 5.75 Å². The van der Waals surface area contributed by atoms with Gasteiger partial charge in [-0.2, -0.15) is 4.98 Å². The minimum atomic E-state index is -0.595. The van der Waals surface area contributed by atoms with Crippen LogP contribution in [-0.2, 0) is 4.79 Å². The van der Waals surface area contributed by atoms with Gasteiger partial charge in [0, 0.05) is 18.1 Å². The molecule has 8 nitrogen and oxygen atoms in total. The van der Waals surface area contributed by atoms with E-state index in [-0.39, 0.29) is 19.0 Å². The molecule has 0 aliphatic carbocycles. The Hall–Kier alpha value is -2.61. The van der Waals surface area contributed by atoms with Crippen molar-refractivity contribution in [1.29, 1.82) is 0 Å². The minimum absolute atomic E-state index is 0.173. The maximum absolute atomic E-state index is 12.9. The minimum Gasteiger partial charge on any atom is -0.496 e. The summed E-state index contributed by atoms with van der Waals surface area (Å²) in [5.74, 6) is -0.687. The van der Waals surface area contributed by atoms with Crippen LogP contribution in [0.4, 0.5) is 0 Å². The summed E-state index contributed by atoms with van der Waals surface area (Å²) >= 11 is 5.94. The summed E-state index contributed by atoms with van der Waals surface area (Å²) in [6, 6.07) is 4.76. The standard InChI is InChI=1S/C16H17ClN4O4/c1-8-19-15(25-20-8)12-7-21(6-11(12)14(18)22)16(23)10-4-3-9(17)5-13(10)24-2/h3-5,11-12H,6-7H2,1-2H3,(H2,18,22)/t11-,12-/m1/s1. The van der Waals surface area contributed by atoms with E-state index < -0.39 is 17.7 Å². The number of ether oxygens (including phenoxy) is 1. The first-order valence-corrected chi connectivity index (χ1v) is 8.01. The summed E-state index contributed by atoms with van der Waals surface area (Å²) in [7, 11) is 1.46. The Bertz CT molecular complexity index is 822. The molecule has 1 aliphatic heterocycles. The second kappa shape index (κ2) is 6.72. The molecule has 3 rings (SSSR count). The third kappa shape index (κ3) is 3.30. The predicted molar refractivity (Wildman–Crippen MR) is 88.4 cm³/mol. The zero-order chi connectivity index (χ0) is 18.1. The van der Waals surface area contributed by atoms with Crippen LogP contribution in [0.2, 0.25) is 5.02 Å². The SMILES string of the molecule is COc1cc(Cl)ccc1C(=O)N1C[C@@H](C(N)=O)[C@H](c2nc(C)no2)C1. The van der Waals surface area contributed by atoms with Crippen molar-refractivity contribution in [2.45, 2.75) is 12.8 Å². The number of nitrogens with two attached hydrogens (primary N) is 1. The maximum Gasteiger partial charge on any atom is 0.257 e. The van der Waals surface area contributed by atoms with Gasteiger partial charge in [-0.25, -0.2) is 0 Å². The molecule has 2 atom stereocenters. The van der Waals surface area contributed by atoms with Crippen molar-refractivity contribution in [3.05, 3.63) is 40.5 Å². The van der Waals surface area contributed by atoms with Crippen LogP contribution in [-0.4, -0.2) is 47.1 Å². The van der Waals surface area contributed by atoms with Crippen LogP contribution >= 0.6 is 11.6 Å². The predicted octanol–water partition coefficient (Wildman–Crippen LogP) is 1.38. The molecule has 0 radical (unpaired) electrons. The topological polar surface area (TPSA) is 112 Å². The van der Waals surface area contributed by atoms with Crippen molar-refractivity contribution in [3.8, 4) is 5.75 Å². The summed E-state index contributed by atoms with van der Waals surface area (Å²) in [6.07, 6.45) is 0. The number of hydrogen-bond acceptors (Lipinski definition) is 6. The zero-order valence-corrected chi connectivity index (χ0v) is 14.5. The number of benzene rings is 1. The molecule has 0 unspecified atom stereocenters. The number of amides is 2. The Morgan fingerprint density at radius 3 is 2.76 bits per heavy atom. The van der Waals surface area contributed by atoms with E-state index in [4.69, 9.17) is 26.6 Å². The van der Waals surface area contributed by atoms with Crippen LogP contribution in [0.15, 0.2) is 22.7 Å². The van der Waals surface area contributed by atoms with Crippen molar-refractivity contribution >= 4 is 23.4 Å². The number of aromatic nitrogens is 2. The van der Waals surface area contributed by atoms with Crippen molar-refractivity contribution in [1.82, 2.24) is 15.0 Å². The lowest BCUT2D eigenvalue weighted by atomic mass is 9.95. The Morgan fingerprint density at radius 2 is 2.16 bits per heavy atom. The average Bonchev–Trinajstić information content (AvgIpc) is 3.20. The Balaban J connectivity index is 1.88. The van der Waals surface area contributed by atoms with Gasteiger partial charge in [0.25, 0.3) is 5.91 Å². The Labute approximate surface area is 148 Å². The summed E-state index contributed by atoms with van der Waals surface area (Å²) in [5, 5.41) is 4.21. The Morgan fingerprint density at radius 1 is 1.40 bits per heavy atom. The van der Waals surface area contributed by atoms with Crippen LogP contribution in [0, 0.1) is 12.8 Å². The van der Waals surface area contributed by atoms with Gasteiger partial charge in [0.05, 0.1) is 24.5 Å². The number of hydrogen-bond donors (Lipinski definition) is 1. The van der Waals surface area contributed by atoms with E-state index in [1.807, 2.05) is 0 Å². The van der Waals surface area contributed by atoms with Gasteiger partial charge in [0.1, 0.15) is 5.75 Å². The molecule has 0 bridgehead atoms. The van der Waals surface area contributed by atoms with Crippen molar-refractivity contribution in [2.24, 2.45) is 11.7 Å². The van der Waals surface area contributed by atoms with Gasteiger partial charge in [0.15, 0.2) is 5.82 Å². The number of rotatable bonds is 4. The van der Waals surface area contributed by atoms with Gasteiger partial charge in [-0.1, -0.05) is 16.8 Å². The third-order valence-electron chi connectivity index (χ3n) is 4.23. The van der Waals surface area contributed by atoms with Gasteiger partial charge >= 0.3 is 0 Å². The first-order valence-electron chi connectivity index (χ1n) is 7.63. The molecule has 1 aromatic heterocycles. The monoisotopic (exact) mass is 364 g/mol. The second-order valence-corrected chi connectivity index (χ2v) is 6.29. The fourth-order valence-electron chi connectivity index (χ4n) is 2.98. The van der Waals surface area contributed by atoms with Crippen molar-refractivity contribution < 1.29 is 18.8 Å². The summed E-state index contributed by atoms with van der Waals surface area (Å²) in [4.78, 5) is 30.4. The summed E-state index contributed by atoms with van der Waals surface area (Å²) in [6.45, 7) is 2.11. The van der Waals surface area contributed by atoms with Crippen LogP contribution in [0.3, 0.4) is 0 Å². The van der Waals surface area contributed by atoms with Crippen LogP contribution in [0.25, 0.3) is 0 Å². The maximum atomic E-state index is 12.9. The molecule has 1 aromatic carbocycles. The number of likely N-dealkylation sites (tertiary alicyclic amines) is 1. The molecule has 2 aromatic rings. The van der Waals surface area contributed by atoms with Gasteiger partial charge in [-0.05, 0) is 25.1 Å². The van der Waals surface area contributed by atoms with E-state index in [1.54, 1.807) is 25.1 Å². The smallest absolute Gasteiger partial charge is 0.257 e. The highest BCUT2D eigenvalue weighted by molar-refractivity contribution is 6.30. The Kier molecular flexibility index (Phi) is 4.63. The summed E-state index contributed by atoms with van der Waals surface area (Å²) in [5.41, 5.74) is 5.86. The number of halogens is 1. The van der Waals surface area contributed by atoms with Crippen LogP contribution < -0.4 is 10.5 Å². The normalized spacial score (nSPS) is 19.9. The number of primary amides is 1. The highest BCUT2D eigenvalue weighted by atomic mass is 35.5. The molecule has 2 amide bonds. The van der Waals surface area contributed by atoms with E-state index in [9.17, 15) is 9.59 Å². The van der Waals surface area contributed by atoms with Gasteiger partial charge < -0.3 is 19.9 Å². The van der Waals surface area contributed by atoms with Crippen LogP contribution in [0.1, 0.15) is 28.0 Å². The van der Waals surface area contributed by atoms with Crippen molar-refractivity contribution in [2.75, 3.05) is 20.2 Å². The van der Waals surface area contributed by atoms with E-state index in [0.717, 1.165) is 0 Å². The van der Waals surface area contributed by atoms with Gasteiger partial charge in [-0.3, -0.25) is 9.59 Å². The van der Waals surface area contributed by atoms with E-state index in [1.165, 1.54) is 12.0 Å². The molecule has 0 saturated carbocycles. The molecule has 2 heterocycles. The lowest BCUT2D eigenvalue weighted by Crippen LogP contribution is -2.32. The molecular weight excluding hydrogens is 348 g/mol. The zero-order valence-electron chi connectivity index (χ0n) is 13.7. The fraction of sp³-hybridized carbons (Fsp3) is 0.375. The quantitative estimate of drug-likeness (QED) is 0.877. The highest BCUT2D eigenvalue weighted by Crippen LogP contribution is 2.34. The summed E-state index contributed by atoms with van der Waals surface area (Å²) < 4.78 is 10.4. The van der Waals surface area contributed by atoms with Gasteiger partial charge in [0.2, 0.25) is 11.8 Å². The molecule has 132 valence electrons. The molecule has 2 N–H and O–H groups in total. The number of carbonyl (C=O) groups is 2. The fourth-order valence-corrected chi connectivity index (χ4v) is 3.15. The highest BCUT2D eigenvalue weighted by Gasteiger charge is 2.43. The lowest BCUT2D eigenvalue weighted by molar-refractivity contribution is -0.121. The largest absolute Gasteiger partial charge is 0.496 e. The molecule has 1 aliphatic rings. The first-order chi connectivity index (χ1) is 11.9. The molecule has 1 fully saturated rings. The first kappa shape index (κ1) is 17.2. The third-order valence-corrected chi connectivity index (χ3v) is 4.46. The van der Waals surface area contributed by atoms with E-state index in [2.05, 4.69) is 10.1 Å². The number of carbonyl (C=O) groups excluding carboxylic acids is 2. The van der Waals surface area contributed by atoms with Gasteiger partial charge in [-0.15, -0.1) is 0 Å². The molecule has 0 spiro atoms. The molecular formula is C16H17ClN4O4. The van der Waals surface area contributed by atoms with E-state index in [0.29, 0.717) is 28.1 Å². The average molecular weight is 365 g/mol.